The topological polar surface area (TPSA) is 39.7 Å². The van der Waals surface area contributed by atoms with E-state index in [2.05, 4.69) is 43.4 Å². The summed E-state index contributed by atoms with van der Waals surface area (Å²) in [7, 11) is 4.90. The van der Waals surface area contributed by atoms with Gasteiger partial charge in [0.25, 0.3) is 0 Å². The van der Waals surface area contributed by atoms with Crippen molar-refractivity contribution in [2.24, 2.45) is 0 Å². The Morgan fingerprint density at radius 3 is 2.21 bits per heavy atom. The molecule has 0 heterocycles. The molecule has 130 valence electrons. The molecule has 0 aliphatic rings. The van der Waals surface area contributed by atoms with Gasteiger partial charge in [0.2, 0.25) is 5.75 Å². The standard InChI is InChI=1S/C20H27NO3/c1-14-8-6-7-9-16(14)12-15(2)21-13-17-10-11-18(22-3)20(24-5)19(17)23-4/h6-11,15,21H,12-13H2,1-5H3. The molecule has 0 aliphatic carbocycles. The van der Waals surface area contributed by atoms with Crippen LogP contribution in [0.3, 0.4) is 0 Å². The second kappa shape index (κ2) is 8.60. The molecule has 0 spiro atoms. The van der Waals surface area contributed by atoms with Crippen LogP contribution in [-0.4, -0.2) is 27.4 Å². The van der Waals surface area contributed by atoms with Crippen LogP contribution in [0.25, 0.3) is 0 Å². The monoisotopic (exact) mass is 329 g/mol. The van der Waals surface area contributed by atoms with E-state index < -0.39 is 0 Å². The van der Waals surface area contributed by atoms with Crippen LogP contribution in [0, 0.1) is 6.92 Å². The normalized spacial score (nSPS) is 11.9. The van der Waals surface area contributed by atoms with Crippen molar-refractivity contribution in [3.63, 3.8) is 0 Å². The first kappa shape index (κ1) is 18.1. The number of aryl methyl sites for hydroxylation is 1. The smallest absolute Gasteiger partial charge is 0.203 e. The second-order valence-corrected chi connectivity index (χ2v) is 5.91. The van der Waals surface area contributed by atoms with Gasteiger partial charge in [-0.1, -0.05) is 30.3 Å². The van der Waals surface area contributed by atoms with Crippen molar-refractivity contribution in [2.75, 3.05) is 21.3 Å². The zero-order chi connectivity index (χ0) is 17.5. The molecular weight excluding hydrogens is 302 g/mol. The third-order valence-electron chi connectivity index (χ3n) is 4.21. The van der Waals surface area contributed by atoms with Gasteiger partial charge in [0.1, 0.15) is 0 Å². The number of hydrogen-bond donors (Lipinski definition) is 1. The van der Waals surface area contributed by atoms with Crippen molar-refractivity contribution in [1.82, 2.24) is 5.32 Å². The minimum Gasteiger partial charge on any atom is -0.493 e. The van der Waals surface area contributed by atoms with E-state index >= 15 is 0 Å². The summed E-state index contributed by atoms with van der Waals surface area (Å²) in [6.45, 7) is 5.05. The van der Waals surface area contributed by atoms with Crippen molar-refractivity contribution >= 4 is 0 Å². The lowest BCUT2D eigenvalue weighted by Crippen LogP contribution is -2.28. The van der Waals surface area contributed by atoms with Crippen LogP contribution in [-0.2, 0) is 13.0 Å². The third-order valence-corrected chi connectivity index (χ3v) is 4.21. The zero-order valence-electron chi connectivity index (χ0n) is 15.2. The fourth-order valence-corrected chi connectivity index (χ4v) is 2.83. The van der Waals surface area contributed by atoms with Gasteiger partial charge in [-0.25, -0.2) is 0 Å². The first-order valence-corrected chi connectivity index (χ1v) is 8.16. The highest BCUT2D eigenvalue weighted by Crippen LogP contribution is 2.39. The number of rotatable bonds is 8. The fraction of sp³-hybridized carbons (Fsp3) is 0.400. The first-order valence-electron chi connectivity index (χ1n) is 8.16. The quantitative estimate of drug-likeness (QED) is 0.801. The lowest BCUT2D eigenvalue weighted by molar-refractivity contribution is 0.321. The van der Waals surface area contributed by atoms with Crippen LogP contribution in [0.5, 0.6) is 17.2 Å². The number of nitrogens with one attached hydrogen (secondary N) is 1. The summed E-state index contributed by atoms with van der Waals surface area (Å²) in [4.78, 5) is 0. The number of ether oxygens (including phenoxy) is 3. The molecule has 1 N–H and O–H groups in total. The maximum Gasteiger partial charge on any atom is 0.203 e. The van der Waals surface area contributed by atoms with Crippen molar-refractivity contribution in [1.29, 1.82) is 0 Å². The molecule has 2 aromatic rings. The third kappa shape index (κ3) is 4.20. The van der Waals surface area contributed by atoms with E-state index in [1.165, 1.54) is 11.1 Å². The molecule has 0 fully saturated rings. The van der Waals surface area contributed by atoms with Crippen LogP contribution in [0.1, 0.15) is 23.6 Å². The van der Waals surface area contributed by atoms with Gasteiger partial charge in [-0.15, -0.1) is 0 Å². The summed E-state index contributed by atoms with van der Waals surface area (Å²) in [6, 6.07) is 12.8. The Bertz CT molecular complexity index is 670. The minimum absolute atomic E-state index is 0.351. The maximum atomic E-state index is 5.53. The molecule has 0 saturated carbocycles. The SMILES string of the molecule is COc1ccc(CNC(C)Cc2ccccc2C)c(OC)c1OC. The summed E-state index contributed by atoms with van der Waals surface area (Å²) in [5.41, 5.74) is 3.75. The molecule has 0 aromatic heterocycles. The molecule has 0 amide bonds. The van der Waals surface area contributed by atoms with E-state index in [1.54, 1.807) is 21.3 Å². The average molecular weight is 329 g/mol. The van der Waals surface area contributed by atoms with Gasteiger partial charge in [0, 0.05) is 18.2 Å². The predicted molar refractivity (Wildman–Crippen MR) is 97.3 cm³/mol. The Balaban J connectivity index is 2.07. The summed E-state index contributed by atoms with van der Waals surface area (Å²) >= 11 is 0. The Morgan fingerprint density at radius 1 is 0.875 bits per heavy atom. The molecule has 0 radical (unpaired) electrons. The summed E-state index contributed by atoms with van der Waals surface area (Å²) in [5.74, 6) is 2.02. The highest BCUT2D eigenvalue weighted by molar-refractivity contribution is 5.55. The largest absolute Gasteiger partial charge is 0.493 e. The number of benzene rings is 2. The molecule has 1 atom stereocenters. The highest BCUT2D eigenvalue weighted by Gasteiger charge is 2.16. The molecule has 1 unspecified atom stereocenters. The van der Waals surface area contributed by atoms with Crippen molar-refractivity contribution < 1.29 is 14.2 Å². The average Bonchev–Trinajstić information content (AvgIpc) is 2.60. The van der Waals surface area contributed by atoms with Gasteiger partial charge < -0.3 is 19.5 Å². The van der Waals surface area contributed by atoms with Crippen molar-refractivity contribution in [2.45, 2.75) is 32.9 Å². The number of hydrogen-bond acceptors (Lipinski definition) is 4. The molecule has 0 bridgehead atoms. The zero-order valence-corrected chi connectivity index (χ0v) is 15.2. The molecule has 24 heavy (non-hydrogen) atoms. The lowest BCUT2D eigenvalue weighted by Gasteiger charge is -2.19. The highest BCUT2D eigenvalue weighted by atomic mass is 16.5. The van der Waals surface area contributed by atoms with Gasteiger partial charge in [-0.05, 0) is 37.5 Å². The summed E-state index contributed by atoms with van der Waals surface area (Å²) < 4.78 is 16.3. The Kier molecular flexibility index (Phi) is 6.50. The molecule has 0 saturated heterocycles. The van der Waals surface area contributed by atoms with E-state index in [0.29, 0.717) is 29.8 Å². The lowest BCUT2D eigenvalue weighted by atomic mass is 10.0. The van der Waals surface area contributed by atoms with E-state index in [4.69, 9.17) is 14.2 Å². The van der Waals surface area contributed by atoms with E-state index in [-0.39, 0.29) is 0 Å². The first-order chi connectivity index (χ1) is 11.6. The predicted octanol–water partition coefficient (Wildman–Crippen LogP) is 3.74. The number of methoxy groups -OCH3 is 3. The Hall–Kier alpha value is -2.20. The maximum absolute atomic E-state index is 5.53. The summed E-state index contributed by atoms with van der Waals surface area (Å²) in [6.07, 6.45) is 0.988. The van der Waals surface area contributed by atoms with Gasteiger partial charge in [-0.2, -0.15) is 0 Å². The van der Waals surface area contributed by atoms with Crippen LogP contribution in [0.2, 0.25) is 0 Å². The summed E-state index contributed by atoms with van der Waals surface area (Å²) in [5, 5.41) is 3.56. The van der Waals surface area contributed by atoms with Crippen molar-refractivity contribution in [3.05, 3.63) is 53.1 Å². The fourth-order valence-electron chi connectivity index (χ4n) is 2.83. The minimum atomic E-state index is 0.351. The molecular formula is C20H27NO3. The van der Waals surface area contributed by atoms with Gasteiger partial charge in [-0.3, -0.25) is 0 Å². The Morgan fingerprint density at radius 2 is 1.58 bits per heavy atom. The van der Waals surface area contributed by atoms with Crippen molar-refractivity contribution in [3.8, 4) is 17.2 Å². The second-order valence-electron chi connectivity index (χ2n) is 5.91. The van der Waals surface area contributed by atoms with Crippen LogP contribution < -0.4 is 19.5 Å². The Labute approximate surface area is 144 Å². The van der Waals surface area contributed by atoms with E-state index in [9.17, 15) is 0 Å². The molecule has 4 heteroatoms. The van der Waals surface area contributed by atoms with Crippen LogP contribution >= 0.6 is 0 Å². The van der Waals surface area contributed by atoms with Crippen LogP contribution in [0.4, 0.5) is 0 Å². The van der Waals surface area contributed by atoms with Gasteiger partial charge >= 0.3 is 0 Å². The van der Waals surface area contributed by atoms with Crippen LogP contribution in [0.15, 0.2) is 36.4 Å². The van der Waals surface area contributed by atoms with Gasteiger partial charge in [0.15, 0.2) is 11.5 Å². The molecule has 0 aliphatic heterocycles. The van der Waals surface area contributed by atoms with E-state index in [1.807, 2.05) is 12.1 Å². The molecule has 2 aromatic carbocycles. The van der Waals surface area contributed by atoms with E-state index in [0.717, 1.165) is 12.0 Å². The molecule has 2 rings (SSSR count). The van der Waals surface area contributed by atoms with Gasteiger partial charge in [0.05, 0.1) is 21.3 Å². The molecule has 4 nitrogen and oxygen atoms in total.